The molecule has 0 spiro atoms. The number of ether oxygens (including phenoxy) is 3. The molecule has 0 aromatic heterocycles. The van der Waals surface area contributed by atoms with Gasteiger partial charge in [-0.3, -0.25) is 4.79 Å². The van der Waals surface area contributed by atoms with Gasteiger partial charge in [-0.15, -0.1) is 0 Å². The van der Waals surface area contributed by atoms with Gasteiger partial charge in [0.1, 0.15) is 0 Å². The molecule has 0 aliphatic carbocycles. The quantitative estimate of drug-likeness (QED) is 0.771. The van der Waals surface area contributed by atoms with E-state index in [2.05, 4.69) is 6.92 Å². The van der Waals surface area contributed by atoms with Gasteiger partial charge in [0.05, 0.1) is 21.3 Å². The highest BCUT2D eigenvalue weighted by atomic mass is 16.5. The number of amides is 1. The van der Waals surface area contributed by atoms with Crippen LogP contribution in [0.25, 0.3) is 0 Å². The molecule has 0 N–H and O–H groups in total. The third-order valence-corrected chi connectivity index (χ3v) is 4.15. The first-order valence-electron chi connectivity index (χ1n) is 8.17. The van der Waals surface area contributed by atoms with E-state index in [4.69, 9.17) is 14.2 Å². The molecule has 0 saturated carbocycles. The number of hydrogen-bond donors (Lipinski definition) is 0. The third kappa shape index (κ3) is 4.05. The van der Waals surface area contributed by atoms with Gasteiger partial charge in [-0.1, -0.05) is 19.1 Å². The van der Waals surface area contributed by atoms with E-state index in [0.717, 1.165) is 12.0 Å². The Labute approximate surface area is 149 Å². The van der Waals surface area contributed by atoms with Crippen LogP contribution in [0.15, 0.2) is 36.4 Å². The summed E-state index contributed by atoms with van der Waals surface area (Å²) in [5, 5.41) is 0. The Morgan fingerprint density at radius 1 is 0.920 bits per heavy atom. The van der Waals surface area contributed by atoms with Crippen molar-refractivity contribution in [2.24, 2.45) is 0 Å². The lowest BCUT2D eigenvalue weighted by Crippen LogP contribution is -2.26. The van der Waals surface area contributed by atoms with Gasteiger partial charge < -0.3 is 19.1 Å². The molecule has 0 fully saturated rings. The first-order chi connectivity index (χ1) is 12.0. The zero-order valence-electron chi connectivity index (χ0n) is 15.5. The molecule has 0 saturated heterocycles. The summed E-state index contributed by atoms with van der Waals surface area (Å²) in [6.07, 6.45) is 0.952. The smallest absolute Gasteiger partial charge is 0.253 e. The Bertz CT molecular complexity index is 725. The van der Waals surface area contributed by atoms with Gasteiger partial charge in [-0.25, -0.2) is 0 Å². The maximum Gasteiger partial charge on any atom is 0.253 e. The Kier molecular flexibility index (Phi) is 6.28. The minimum Gasteiger partial charge on any atom is -0.493 e. The Hall–Kier alpha value is -2.69. The monoisotopic (exact) mass is 343 g/mol. The third-order valence-electron chi connectivity index (χ3n) is 4.15. The molecule has 2 aromatic carbocycles. The number of carbonyl (C=O) groups is 1. The molecule has 25 heavy (non-hydrogen) atoms. The second-order valence-electron chi connectivity index (χ2n) is 5.71. The van der Waals surface area contributed by atoms with Crippen LogP contribution in [0.3, 0.4) is 0 Å². The van der Waals surface area contributed by atoms with Gasteiger partial charge >= 0.3 is 0 Å². The van der Waals surface area contributed by atoms with Crippen molar-refractivity contribution in [1.82, 2.24) is 4.90 Å². The molecule has 0 radical (unpaired) electrons. The molecule has 0 aliphatic rings. The molecule has 0 atom stereocenters. The minimum absolute atomic E-state index is 0.0421. The van der Waals surface area contributed by atoms with E-state index in [0.29, 0.717) is 29.4 Å². The number of benzene rings is 2. The fourth-order valence-electron chi connectivity index (χ4n) is 2.72. The summed E-state index contributed by atoms with van der Waals surface area (Å²) in [6, 6.07) is 11.4. The summed E-state index contributed by atoms with van der Waals surface area (Å²) < 4.78 is 16.2. The molecule has 0 aliphatic heterocycles. The van der Waals surface area contributed by atoms with E-state index in [1.165, 1.54) is 5.56 Å². The predicted octanol–water partition coefficient (Wildman–Crippen LogP) is 3.55. The second-order valence-corrected chi connectivity index (χ2v) is 5.71. The van der Waals surface area contributed by atoms with Crippen molar-refractivity contribution in [2.45, 2.75) is 19.9 Å². The molecule has 2 aromatic rings. The Morgan fingerprint density at radius 2 is 1.56 bits per heavy atom. The Morgan fingerprint density at radius 3 is 2.08 bits per heavy atom. The van der Waals surface area contributed by atoms with Crippen LogP contribution in [0.1, 0.15) is 28.4 Å². The van der Waals surface area contributed by atoms with Gasteiger partial charge in [0, 0.05) is 24.7 Å². The van der Waals surface area contributed by atoms with Crippen molar-refractivity contribution in [3.8, 4) is 17.2 Å². The standard InChI is InChI=1S/C20H25NO4/c1-6-14-7-9-15(10-8-14)20(22)21(2)13-16-11-12-17(23-3)19(25-5)18(16)24-4/h7-12H,6,13H2,1-5H3. The highest BCUT2D eigenvalue weighted by Gasteiger charge is 2.19. The lowest BCUT2D eigenvalue weighted by molar-refractivity contribution is 0.0784. The summed E-state index contributed by atoms with van der Waals surface area (Å²) in [7, 11) is 6.49. The van der Waals surface area contributed by atoms with Gasteiger partial charge in [0.2, 0.25) is 5.75 Å². The Balaban J connectivity index is 2.24. The lowest BCUT2D eigenvalue weighted by atomic mass is 10.1. The van der Waals surface area contributed by atoms with Crippen LogP contribution in [-0.4, -0.2) is 39.2 Å². The van der Waals surface area contributed by atoms with Crippen LogP contribution >= 0.6 is 0 Å². The molecule has 0 unspecified atom stereocenters. The highest BCUT2D eigenvalue weighted by molar-refractivity contribution is 5.94. The van der Waals surface area contributed by atoms with Crippen molar-refractivity contribution >= 4 is 5.91 Å². The maximum atomic E-state index is 12.7. The van der Waals surface area contributed by atoms with Crippen LogP contribution in [0, 0.1) is 0 Å². The summed E-state index contributed by atoms with van der Waals surface area (Å²) in [5.74, 6) is 1.64. The number of aryl methyl sites for hydroxylation is 1. The fourth-order valence-corrected chi connectivity index (χ4v) is 2.72. The normalized spacial score (nSPS) is 10.3. The number of carbonyl (C=O) groups excluding carboxylic acids is 1. The van der Waals surface area contributed by atoms with E-state index in [9.17, 15) is 4.79 Å². The van der Waals surface area contributed by atoms with Crippen LogP contribution < -0.4 is 14.2 Å². The van der Waals surface area contributed by atoms with Crippen molar-refractivity contribution in [1.29, 1.82) is 0 Å². The zero-order chi connectivity index (χ0) is 18.4. The van der Waals surface area contributed by atoms with Crippen LogP contribution in [0.4, 0.5) is 0 Å². The molecule has 2 rings (SSSR count). The molecular weight excluding hydrogens is 318 g/mol. The SMILES string of the molecule is CCc1ccc(C(=O)N(C)Cc2ccc(OC)c(OC)c2OC)cc1. The van der Waals surface area contributed by atoms with Crippen LogP contribution in [-0.2, 0) is 13.0 Å². The highest BCUT2D eigenvalue weighted by Crippen LogP contribution is 2.40. The zero-order valence-corrected chi connectivity index (χ0v) is 15.5. The number of nitrogens with zero attached hydrogens (tertiary/aromatic N) is 1. The molecule has 5 heteroatoms. The maximum absolute atomic E-state index is 12.7. The summed E-state index contributed by atoms with van der Waals surface area (Å²) in [4.78, 5) is 14.3. The second kappa shape index (κ2) is 8.42. The number of methoxy groups -OCH3 is 3. The summed E-state index contributed by atoms with van der Waals surface area (Å²) in [6.45, 7) is 2.49. The molecular formula is C20H25NO4. The van der Waals surface area contributed by atoms with E-state index in [1.807, 2.05) is 36.4 Å². The van der Waals surface area contributed by atoms with Crippen molar-refractivity contribution < 1.29 is 19.0 Å². The van der Waals surface area contributed by atoms with Crippen molar-refractivity contribution in [3.05, 3.63) is 53.1 Å². The molecule has 0 heterocycles. The van der Waals surface area contributed by atoms with Gasteiger partial charge in [0.15, 0.2) is 11.5 Å². The molecule has 5 nitrogen and oxygen atoms in total. The van der Waals surface area contributed by atoms with Crippen molar-refractivity contribution in [2.75, 3.05) is 28.4 Å². The topological polar surface area (TPSA) is 48.0 Å². The summed E-state index contributed by atoms with van der Waals surface area (Å²) in [5.41, 5.74) is 2.72. The number of rotatable bonds is 7. The first kappa shape index (κ1) is 18.6. The largest absolute Gasteiger partial charge is 0.493 e. The predicted molar refractivity (Wildman–Crippen MR) is 97.7 cm³/mol. The molecule has 0 bridgehead atoms. The minimum atomic E-state index is -0.0421. The van der Waals surface area contributed by atoms with Gasteiger partial charge in [-0.2, -0.15) is 0 Å². The molecule has 134 valence electrons. The first-order valence-corrected chi connectivity index (χ1v) is 8.17. The number of hydrogen-bond acceptors (Lipinski definition) is 4. The van der Waals surface area contributed by atoms with E-state index in [1.54, 1.807) is 33.3 Å². The molecule has 1 amide bonds. The lowest BCUT2D eigenvalue weighted by Gasteiger charge is -2.21. The van der Waals surface area contributed by atoms with Crippen molar-refractivity contribution in [3.63, 3.8) is 0 Å². The average molecular weight is 343 g/mol. The average Bonchev–Trinajstić information content (AvgIpc) is 2.66. The fraction of sp³-hybridized carbons (Fsp3) is 0.350. The van der Waals surface area contributed by atoms with Crippen LogP contribution in [0.2, 0.25) is 0 Å². The van der Waals surface area contributed by atoms with Gasteiger partial charge in [-0.05, 0) is 36.2 Å². The van der Waals surface area contributed by atoms with E-state index < -0.39 is 0 Å². The van der Waals surface area contributed by atoms with Gasteiger partial charge in [0.25, 0.3) is 5.91 Å². The summed E-state index contributed by atoms with van der Waals surface area (Å²) >= 11 is 0. The van der Waals surface area contributed by atoms with Crippen LogP contribution in [0.5, 0.6) is 17.2 Å². The van der Waals surface area contributed by atoms with E-state index in [-0.39, 0.29) is 5.91 Å². The van der Waals surface area contributed by atoms with E-state index >= 15 is 0 Å².